The smallest absolute Gasteiger partial charge is 0.294 e. The van der Waals surface area contributed by atoms with Gasteiger partial charge in [-0.25, -0.2) is 9.97 Å². The number of nitrogens with zero attached hydrogens (tertiary/aromatic N) is 4. The standard InChI is InChI=1S/C15H13F3N4/c1-8-4-11(5-13(20-8)15(16,17)18)12-6-19-7-14-21-9(2)10(3)22(12)14/h4-7H,1-3H3. The highest BCUT2D eigenvalue weighted by atomic mass is 19.4. The summed E-state index contributed by atoms with van der Waals surface area (Å²) >= 11 is 0. The number of alkyl halides is 3. The molecule has 0 aliphatic rings. The van der Waals surface area contributed by atoms with Crippen LogP contribution in [0.4, 0.5) is 13.2 Å². The number of halogens is 3. The van der Waals surface area contributed by atoms with Crippen LogP contribution in [0.25, 0.3) is 16.9 Å². The highest BCUT2D eigenvalue weighted by molar-refractivity contribution is 5.64. The highest BCUT2D eigenvalue weighted by Gasteiger charge is 2.33. The summed E-state index contributed by atoms with van der Waals surface area (Å²) < 4.78 is 40.7. The lowest BCUT2D eigenvalue weighted by atomic mass is 10.1. The summed E-state index contributed by atoms with van der Waals surface area (Å²) in [5.41, 5.74) is 2.66. The Morgan fingerprint density at radius 2 is 1.73 bits per heavy atom. The second kappa shape index (κ2) is 4.79. The van der Waals surface area contributed by atoms with Gasteiger partial charge in [-0.05, 0) is 32.9 Å². The molecule has 0 saturated carbocycles. The summed E-state index contributed by atoms with van der Waals surface area (Å²) in [6, 6.07) is 2.65. The number of fused-ring (bicyclic) bond motifs is 1. The molecule has 7 heteroatoms. The van der Waals surface area contributed by atoms with Gasteiger partial charge in [-0.1, -0.05) is 0 Å². The van der Waals surface area contributed by atoms with Gasteiger partial charge in [-0.2, -0.15) is 13.2 Å². The Bertz CT molecular complexity index is 865. The molecule has 0 aromatic carbocycles. The third-order valence-corrected chi connectivity index (χ3v) is 3.54. The molecule has 0 unspecified atom stereocenters. The van der Waals surface area contributed by atoms with E-state index in [1.54, 1.807) is 23.6 Å². The summed E-state index contributed by atoms with van der Waals surface area (Å²) in [7, 11) is 0. The molecule has 0 saturated heterocycles. The van der Waals surface area contributed by atoms with E-state index in [1.165, 1.54) is 6.20 Å². The van der Waals surface area contributed by atoms with Crippen molar-refractivity contribution in [2.45, 2.75) is 26.9 Å². The van der Waals surface area contributed by atoms with E-state index in [1.807, 2.05) is 13.8 Å². The molecule has 0 N–H and O–H groups in total. The molecule has 0 bridgehead atoms. The van der Waals surface area contributed by atoms with Gasteiger partial charge in [0.1, 0.15) is 5.69 Å². The topological polar surface area (TPSA) is 43.1 Å². The van der Waals surface area contributed by atoms with Gasteiger partial charge >= 0.3 is 6.18 Å². The van der Waals surface area contributed by atoms with Crippen LogP contribution < -0.4 is 0 Å². The van der Waals surface area contributed by atoms with E-state index in [2.05, 4.69) is 15.0 Å². The van der Waals surface area contributed by atoms with E-state index in [-0.39, 0.29) is 0 Å². The van der Waals surface area contributed by atoms with Crippen molar-refractivity contribution in [3.05, 3.63) is 47.3 Å². The van der Waals surface area contributed by atoms with E-state index < -0.39 is 11.9 Å². The molecule has 22 heavy (non-hydrogen) atoms. The van der Waals surface area contributed by atoms with Gasteiger partial charge in [-0.3, -0.25) is 9.38 Å². The molecule has 0 amide bonds. The van der Waals surface area contributed by atoms with Crippen LogP contribution in [0.2, 0.25) is 0 Å². The van der Waals surface area contributed by atoms with Gasteiger partial charge in [-0.15, -0.1) is 0 Å². The van der Waals surface area contributed by atoms with Gasteiger partial charge in [0, 0.05) is 17.0 Å². The van der Waals surface area contributed by atoms with Gasteiger partial charge < -0.3 is 0 Å². The van der Waals surface area contributed by atoms with Crippen molar-refractivity contribution in [3.8, 4) is 11.3 Å². The third kappa shape index (κ3) is 2.32. The van der Waals surface area contributed by atoms with E-state index in [0.717, 1.165) is 17.5 Å². The minimum absolute atomic E-state index is 0.302. The van der Waals surface area contributed by atoms with E-state index in [4.69, 9.17) is 0 Å². The van der Waals surface area contributed by atoms with Crippen molar-refractivity contribution in [1.29, 1.82) is 0 Å². The lowest BCUT2D eigenvalue weighted by molar-refractivity contribution is -0.141. The highest BCUT2D eigenvalue weighted by Crippen LogP contribution is 2.31. The number of hydrogen-bond donors (Lipinski definition) is 0. The predicted molar refractivity (Wildman–Crippen MR) is 75.4 cm³/mol. The lowest BCUT2D eigenvalue weighted by Gasteiger charge is -2.11. The maximum Gasteiger partial charge on any atom is 0.433 e. The minimum atomic E-state index is -4.48. The number of pyridine rings is 1. The number of hydrogen-bond acceptors (Lipinski definition) is 3. The first-order chi connectivity index (χ1) is 10.3. The molecule has 0 aliphatic carbocycles. The molecule has 3 aromatic rings. The van der Waals surface area contributed by atoms with Gasteiger partial charge in [0.15, 0.2) is 5.65 Å². The van der Waals surface area contributed by atoms with E-state index in [9.17, 15) is 13.2 Å². The molecule has 0 fully saturated rings. The van der Waals surface area contributed by atoms with Crippen molar-refractivity contribution in [2.24, 2.45) is 0 Å². The summed E-state index contributed by atoms with van der Waals surface area (Å²) in [5, 5.41) is 0. The first-order valence-electron chi connectivity index (χ1n) is 6.63. The maximum atomic E-state index is 13.0. The van der Waals surface area contributed by atoms with Crippen LogP contribution in [-0.4, -0.2) is 19.4 Å². The van der Waals surface area contributed by atoms with Gasteiger partial charge in [0.05, 0.1) is 23.8 Å². The first kappa shape index (κ1) is 14.5. The van der Waals surface area contributed by atoms with E-state index >= 15 is 0 Å². The molecule has 3 heterocycles. The average molecular weight is 306 g/mol. The molecule has 3 rings (SSSR count). The minimum Gasteiger partial charge on any atom is -0.294 e. The SMILES string of the molecule is Cc1cc(-c2cncc3nc(C)c(C)n23)cc(C(F)(F)F)n1. The summed E-state index contributed by atoms with van der Waals surface area (Å²) in [6.45, 7) is 5.26. The largest absolute Gasteiger partial charge is 0.433 e. The fourth-order valence-electron chi connectivity index (χ4n) is 2.42. The molecular weight excluding hydrogens is 293 g/mol. The first-order valence-corrected chi connectivity index (χ1v) is 6.63. The second-order valence-electron chi connectivity index (χ2n) is 5.15. The Morgan fingerprint density at radius 3 is 2.41 bits per heavy atom. The Kier molecular flexibility index (Phi) is 3.16. The zero-order valence-electron chi connectivity index (χ0n) is 12.2. The number of rotatable bonds is 1. The van der Waals surface area contributed by atoms with E-state index in [0.29, 0.717) is 22.6 Å². The average Bonchev–Trinajstić information content (AvgIpc) is 2.72. The quantitative estimate of drug-likeness (QED) is 0.688. The van der Waals surface area contributed by atoms with Crippen LogP contribution >= 0.6 is 0 Å². The molecule has 3 aromatic heterocycles. The van der Waals surface area contributed by atoms with Gasteiger partial charge in [0.25, 0.3) is 0 Å². The van der Waals surface area contributed by atoms with Crippen LogP contribution in [0.1, 0.15) is 22.8 Å². The second-order valence-corrected chi connectivity index (χ2v) is 5.15. The van der Waals surface area contributed by atoms with Crippen molar-refractivity contribution in [3.63, 3.8) is 0 Å². The molecular formula is C15H13F3N4. The Balaban J connectivity index is 2.30. The lowest BCUT2D eigenvalue weighted by Crippen LogP contribution is -2.09. The zero-order valence-corrected chi connectivity index (χ0v) is 12.2. The van der Waals surface area contributed by atoms with Crippen molar-refractivity contribution >= 4 is 5.65 Å². The molecule has 114 valence electrons. The Labute approximate surface area is 124 Å². The zero-order chi connectivity index (χ0) is 16.1. The molecule has 0 atom stereocenters. The molecule has 0 radical (unpaired) electrons. The monoisotopic (exact) mass is 306 g/mol. The van der Waals surface area contributed by atoms with Crippen molar-refractivity contribution in [1.82, 2.24) is 19.4 Å². The number of imidazole rings is 1. The molecule has 4 nitrogen and oxygen atoms in total. The molecule has 0 aliphatic heterocycles. The predicted octanol–water partition coefficient (Wildman–Crippen LogP) is 3.74. The van der Waals surface area contributed by atoms with Gasteiger partial charge in [0.2, 0.25) is 0 Å². The summed E-state index contributed by atoms with van der Waals surface area (Å²) in [5.74, 6) is 0. The Hall–Kier alpha value is -2.44. The summed E-state index contributed by atoms with van der Waals surface area (Å²) in [4.78, 5) is 12.0. The Morgan fingerprint density at radius 1 is 1.00 bits per heavy atom. The third-order valence-electron chi connectivity index (χ3n) is 3.54. The van der Waals surface area contributed by atoms with Crippen molar-refractivity contribution in [2.75, 3.05) is 0 Å². The fraction of sp³-hybridized carbons (Fsp3) is 0.267. The van der Waals surface area contributed by atoms with Crippen LogP contribution in [0.3, 0.4) is 0 Å². The van der Waals surface area contributed by atoms with Crippen LogP contribution in [0.5, 0.6) is 0 Å². The maximum absolute atomic E-state index is 13.0. The van der Waals surface area contributed by atoms with Crippen LogP contribution in [-0.2, 0) is 6.18 Å². The van der Waals surface area contributed by atoms with Crippen LogP contribution in [0, 0.1) is 20.8 Å². The summed E-state index contributed by atoms with van der Waals surface area (Å²) in [6.07, 6.45) is -1.36. The fourth-order valence-corrected chi connectivity index (χ4v) is 2.42. The number of aromatic nitrogens is 4. The number of aryl methyl sites for hydroxylation is 3. The normalized spacial score (nSPS) is 12.1. The van der Waals surface area contributed by atoms with Crippen molar-refractivity contribution < 1.29 is 13.2 Å². The molecule has 0 spiro atoms. The van der Waals surface area contributed by atoms with Crippen LogP contribution in [0.15, 0.2) is 24.5 Å².